The van der Waals surface area contributed by atoms with Crippen LogP contribution in [-0.4, -0.2) is 85.9 Å². The number of hydrogen-bond donors (Lipinski definition) is 0. The van der Waals surface area contributed by atoms with E-state index in [9.17, 15) is 97.8 Å². The lowest BCUT2D eigenvalue weighted by molar-refractivity contribution is -0.348. The molecular formula is C17H15F19O6. The quantitative estimate of drug-likeness (QED) is 0.166. The van der Waals surface area contributed by atoms with E-state index in [0.717, 1.165) is 20.8 Å². The minimum atomic E-state index is -6.52. The smallest absolute Gasteiger partial charge is 0.461 e. The van der Waals surface area contributed by atoms with Crippen molar-refractivity contribution < 1.29 is 112 Å². The van der Waals surface area contributed by atoms with E-state index in [-0.39, 0.29) is 0 Å². The number of alkyl halides is 19. The molecule has 25 heteroatoms. The standard InChI is InChI=1S/2C6H5F7O2.C5H5F5O2/c2*1-2-15-3(14)4(7,8)5(9,10)6(11,12)13;1-2-12-3(11)4(6,7)5(8,9)10/h2*2H2,1H3;2H2,1H3. The van der Waals surface area contributed by atoms with Gasteiger partial charge in [-0.3, -0.25) is 0 Å². The third-order valence-electron chi connectivity index (χ3n) is 3.45. The Labute approximate surface area is 220 Å². The van der Waals surface area contributed by atoms with E-state index in [1.807, 2.05) is 0 Å². The number of carbonyl (C=O) groups is 3. The second-order valence-electron chi connectivity index (χ2n) is 6.53. The SMILES string of the molecule is CCOC(=O)C(F)(F)C(F)(F)C(F)(F)F.CCOC(=O)C(F)(F)C(F)(F)C(F)(F)F.CCOC(=O)C(F)(F)C(F)(F)F. The Kier molecular flexibility index (Phi) is 15.0. The molecule has 0 aromatic heterocycles. The number of rotatable bonds is 8. The van der Waals surface area contributed by atoms with Crippen LogP contribution in [-0.2, 0) is 28.6 Å². The van der Waals surface area contributed by atoms with Gasteiger partial charge in [0.05, 0.1) is 19.8 Å². The molecule has 0 aliphatic heterocycles. The Morgan fingerprint density at radius 2 is 0.571 bits per heavy atom. The zero-order valence-electron chi connectivity index (χ0n) is 20.3. The van der Waals surface area contributed by atoms with Crippen molar-refractivity contribution in [3.05, 3.63) is 0 Å². The summed E-state index contributed by atoms with van der Waals surface area (Å²) < 4.78 is 235. The first-order chi connectivity index (χ1) is 18.2. The highest BCUT2D eigenvalue weighted by molar-refractivity contribution is 5.79. The maximum Gasteiger partial charge on any atom is 0.465 e. The third-order valence-corrected chi connectivity index (χ3v) is 3.45. The highest BCUT2D eigenvalue weighted by Crippen LogP contribution is 2.48. The van der Waals surface area contributed by atoms with Gasteiger partial charge in [0.1, 0.15) is 0 Å². The molecule has 0 aromatic rings. The summed E-state index contributed by atoms with van der Waals surface area (Å²) in [4.78, 5) is 30.4. The minimum Gasteiger partial charge on any atom is -0.461 e. The number of halogens is 19. The van der Waals surface area contributed by atoms with Crippen molar-refractivity contribution in [3.8, 4) is 0 Å². The van der Waals surface area contributed by atoms with Gasteiger partial charge in [-0.15, -0.1) is 0 Å². The molecule has 0 saturated heterocycles. The molecule has 0 unspecified atom stereocenters. The Bertz CT molecular complexity index is 837. The van der Waals surface area contributed by atoms with E-state index in [1.165, 1.54) is 0 Å². The second kappa shape index (κ2) is 14.5. The van der Waals surface area contributed by atoms with E-state index >= 15 is 0 Å². The first-order valence-corrected chi connectivity index (χ1v) is 9.80. The molecule has 6 nitrogen and oxygen atoms in total. The van der Waals surface area contributed by atoms with Crippen molar-refractivity contribution in [1.29, 1.82) is 0 Å². The first kappa shape index (κ1) is 43.5. The molecule has 0 amide bonds. The molecule has 42 heavy (non-hydrogen) atoms. The second-order valence-corrected chi connectivity index (χ2v) is 6.53. The van der Waals surface area contributed by atoms with E-state index in [0.29, 0.717) is 0 Å². The van der Waals surface area contributed by atoms with Crippen molar-refractivity contribution in [2.45, 2.75) is 68.9 Å². The largest absolute Gasteiger partial charge is 0.465 e. The summed E-state index contributed by atoms with van der Waals surface area (Å²) in [6, 6.07) is 0. The molecule has 0 N–H and O–H groups in total. The number of carbonyl (C=O) groups excluding carboxylic acids is 3. The summed E-state index contributed by atoms with van der Waals surface area (Å²) in [6.45, 7) is 1.11. The predicted molar refractivity (Wildman–Crippen MR) is 92.8 cm³/mol. The zero-order valence-corrected chi connectivity index (χ0v) is 20.3. The van der Waals surface area contributed by atoms with Crippen molar-refractivity contribution >= 4 is 17.9 Å². The average Bonchev–Trinajstić information content (AvgIpc) is 2.77. The predicted octanol–water partition coefficient (Wildman–Crippen LogP) is 6.51. The molecule has 0 aromatic carbocycles. The van der Waals surface area contributed by atoms with Crippen molar-refractivity contribution in [1.82, 2.24) is 0 Å². The lowest BCUT2D eigenvalue weighted by atomic mass is 10.1. The Balaban J connectivity index is -0.000000547. The Morgan fingerprint density at radius 1 is 0.381 bits per heavy atom. The molecule has 0 spiro atoms. The van der Waals surface area contributed by atoms with Crippen LogP contribution < -0.4 is 0 Å². The van der Waals surface area contributed by atoms with E-state index in [1.54, 1.807) is 0 Å². The van der Waals surface area contributed by atoms with E-state index < -0.39 is 85.9 Å². The van der Waals surface area contributed by atoms with E-state index in [2.05, 4.69) is 14.2 Å². The van der Waals surface area contributed by atoms with E-state index in [4.69, 9.17) is 0 Å². The van der Waals surface area contributed by atoms with Gasteiger partial charge < -0.3 is 14.2 Å². The van der Waals surface area contributed by atoms with Crippen LogP contribution in [0.3, 0.4) is 0 Å². The maximum absolute atomic E-state index is 12.3. The van der Waals surface area contributed by atoms with Crippen LogP contribution in [0.5, 0.6) is 0 Å². The van der Waals surface area contributed by atoms with Crippen LogP contribution in [0.4, 0.5) is 83.4 Å². The van der Waals surface area contributed by atoms with Gasteiger partial charge >= 0.3 is 66.0 Å². The van der Waals surface area contributed by atoms with Gasteiger partial charge in [-0.05, 0) is 20.8 Å². The van der Waals surface area contributed by atoms with Crippen LogP contribution in [0.2, 0.25) is 0 Å². The van der Waals surface area contributed by atoms with Crippen LogP contribution in [0.15, 0.2) is 0 Å². The van der Waals surface area contributed by atoms with Crippen molar-refractivity contribution in [2.75, 3.05) is 19.8 Å². The molecule has 0 bridgehead atoms. The van der Waals surface area contributed by atoms with Crippen LogP contribution in [0.1, 0.15) is 20.8 Å². The Hall–Kier alpha value is -2.92. The lowest BCUT2D eigenvalue weighted by Gasteiger charge is -2.26. The van der Waals surface area contributed by atoms with Crippen LogP contribution in [0.25, 0.3) is 0 Å². The fraction of sp³-hybridized carbons (Fsp3) is 0.824. The highest BCUT2D eigenvalue weighted by Gasteiger charge is 2.78. The van der Waals surface area contributed by atoms with Gasteiger partial charge in [-0.25, -0.2) is 14.4 Å². The van der Waals surface area contributed by atoms with Crippen LogP contribution >= 0.6 is 0 Å². The average molecular weight is 676 g/mol. The van der Waals surface area contributed by atoms with Crippen molar-refractivity contribution in [2.24, 2.45) is 0 Å². The fourth-order valence-corrected chi connectivity index (χ4v) is 1.39. The Morgan fingerprint density at radius 3 is 0.714 bits per heavy atom. The monoisotopic (exact) mass is 676 g/mol. The number of esters is 3. The topological polar surface area (TPSA) is 78.9 Å². The lowest BCUT2D eigenvalue weighted by Crippen LogP contribution is -2.56. The fourth-order valence-electron chi connectivity index (χ4n) is 1.39. The summed E-state index contributed by atoms with van der Waals surface area (Å²) in [5.41, 5.74) is 0. The third kappa shape index (κ3) is 10.1. The first-order valence-electron chi connectivity index (χ1n) is 9.80. The summed E-state index contributed by atoms with van der Waals surface area (Å²) >= 11 is 0. The van der Waals surface area contributed by atoms with Crippen LogP contribution in [0, 0.1) is 0 Å². The van der Waals surface area contributed by atoms with Gasteiger partial charge in [0.25, 0.3) is 0 Å². The molecule has 252 valence electrons. The highest BCUT2D eigenvalue weighted by atomic mass is 19.4. The molecule has 0 aliphatic carbocycles. The molecule has 0 aliphatic rings. The maximum atomic E-state index is 12.3. The van der Waals surface area contributed by atoms with Gasteiger partial charge in [-0.1, -0.05) is 0 Å². The molecular weight excluding hydrogens is 661 g/mol. The molecule has 0 rings (SSSR count). The summed E-state index contributed by atoms with van der Waals surface area (Å²) in [6.07, 6.45) is -18.9. The van der Waals surface area contributed by atoms with Gasteiger partial charge in [0.15, 0.2) is 0 Å². The van der Waals surface area contributed by atoms with Gasteiger partial charge in [0.2, 0.25) is 0 Å². The zero-order chi connectivity index (χ0) is 35.0. The number of hydrogen-bond acceptors (Lipinski definition) is 6. The summed E-state index contributed by atoms with van der Waals surface area (Å²) in [5, 5.41) is 0. The van der Waals surface area contributed by atoms with Gasteiger partial charge in [-0.2, -0.15) is 83.4 Å². The van der Waals surface area contributed by atoms with Crippen molar-refractivity contribution in [3.63, 3.8) is 0 Å². The molecule has 0 atom stereocenters. The minimum absolute atomic E-state index is 0.523. The molecule has 0 fully saturated rings. The molecule has 0 radical (unpaired) electrons. The summed E-state index contributed by atoms with van der Waals surface area (Å²) in [7, 11) is 0. The normalized spacial score (nSPS) is 13.6. The van der Waals surface area contributed by atoms with Gasteiger partial charge in [0, 0.05) is 0 Å². The number of ether oxygens (including phenoxy) is 3. The molecule has 0 heterocycles. The summed E-state index contributed by atoms with van der Waals surface area (Å²) in [5.74, 6) is -38.6. The molecule has 0 saturated carbocycles.